The van der Waals surface area contributed by atoms with Crippen LogP contribution in [-0.2, 0) is 22.7 Å². The Balaban J connectivity index is 1.42. The second-order valence-electron chi connectivity index (χ2n) is 8.76. The number of hydrogen-bond acceptors (Lipinski definition) is 5. The average molecular weight is 460 g/mol. The van der Waals surface area contributed by atoms with Gasteiger partial charge in [0.1, 0.15) is 5.75 Å². The lowest BCUT2D eigenvalue weighted by Gasteiger charge is -2.20. The van der Waals surface area contributed by atoms with E-state index in [1.54, 1.807) is 25.4 Å². The van der Waals surface area contributed by atoms with Crippen molar-refractivity contribution in [2.75, 3.05) is 13.7 Å². The molecular weight excluding hydrogens is 434 g/mol. The molecule has 3 N–H and O–H groups in total. The van der Waals surface area contributed by atoms with E-state index in [0.717, 1.165) is 17.6 Å². The fourth-order valence-corrected chi connectivity index (χ4v) is 4.00. The second-order valence-corrected chi connectivity index (χ2v) is 8.76. The van der Waals surface area contributed by atoms with Gasteiger partial charge in [-0.1, -0.05) is 24.0 Å². The molecule has 2 heterocycles. The minimum atomic E-state index is -1.54. The molecule has 0 bridgehead atoms. The monoisotopic (exact) mass is 459 g/mol. The van der Waals surface area contributed by atoms with Gasteiger partial charge in [-0.05, 0) is 54.7 Å². The molecular formula is C26H25N3O5. The number of nitrogens with zero attached hydrogens (tertiary/aromatic N) is 1. The number of amides is 3. The molecule has 1 saturated heterocycles. The van der Waals surface area contributed by atoms with Crippen LogP contribution in [0.1, 0.15) is 24.0 Å². The van der Waals surface area contributed by atoms with Crippen molar-refractivity contribution in [2.24, 2.45) is 5.92 Å². The van der Waals surface area contributed by atoms with Crippen molar-refractivity contribution in [2.45, 2.75) is 31.5 Å². The highest BCUT2D eigenvalue weighted by Crippen LogP contribution is 2.32. The Morgan fingerprint density at radius 3 is 2.79 bits per heavy atom. The fourth-order valence-electron chi connectivity index (χ4n) is 4.00. The van der Waals surface area contributed by atoms with Gasteiger partial charge in [0.05, 0.1) is 20.3 Å². The number of benzene rings is 2. The molecule has 0 radical (unpaired) electrons. The van der Waals surface area contributed by atoms with Crippen LogP contribution in [0.15, 0.2) is 48.7 Å². The van der Waals surface area contributed by atoms with Gasteiger partial charge >= 0.3 is 6.03 Å². The minimum Gasteiger partial charge on any atom is -0.497 e. The SMILES string of the molecule is COc1ccc2cn(C[C@@]3(C#Cc4cccc(COCC5CC5)c4)NC(=O)NC3=O)c(O)c2c1. The highest BCUT2D eigenvalue weighted by atomic mass is 16.5. The predicted octanol–water partition coefficient (Wildman–Crippen LogP) is 2.91. The van der Waals surface area contributed by atoms with Gasteiger partial charge in [0.15, 0.2) is 5.88 Å². The molecule has 8 nitrogen and oxygen atoms in total. The van der Waals surface area contributed by atoms with Crippen molar-refractivity contribution >= 4 is 22.7 Å². The zero-order valence-electron chi connectivity index (χ0n) is 18.8. The number of ether oxygens (including phenoxy) is 2. The summed E-state index contributed by atoms with van der Waals surface area (Å²) in [4.78, 5) is 24.8. The quantitative estimate of drug-likeness (QED) is 0.373. The number of hydrogen-bond donors (Lipinski definition) is 3. The van der Waals surface area contributed by atoms with Crippen LogP contribution in [0, 0.1) is 17.8 Å². The van der Waals surface area contributed by atoms with Gasteiger partial charge in [-0.2, -0.15) is 0 Å². The molecule has 0 unspecified atom stereocenters. The summed E-state index contributed by atoms with van der Waals surface area (Å²) in [5.41, 5.74) is 0.156. The highest BCUT2D eigenvalue weighted by Gasteiger charge is 2.46. The summed E-state index contributed by atoms with van der Waals surface area (Å²) in [6, 6.07) is 12.3. The van der Waals surface area contributed by atoms with Crippen molar-refractivity contribution in [1.29, 1.82) is 0 Å². The molecule has 0 spiro atoms. The molecule has 1 aromatic heterocycles. The van der Waals surface area contributed by atoms with Gasteiger partial charge in [0.25, 0.3) is 5.91 Å². The van der Waals surface area contributed by atoms with E-state index in [4.69, 9.17) is 9.47 Å². The molecule has 3 aromatic rings. The lowest BCUT2D eigenvalue weighted by atomic mass is 9.99. The van der Waals surface area contributed by atoms with Crippen LogP contribution < -0.4 is 15.4 Å². The van der Waals surface area contributed by atoms with Crippen LogP contribution in [-0.4, -0.2) is 40.9 Å². The van der Waals surface area contributed by atoms with Gasteiger partial charge in [0, 0.05) is 29.1 Å². The standard InChI is InChI=1S/C26H25N3O5/c1-33-21-8-7-20-13-29(23(30)22(20)12-21)16-26(24(31)27-25(32)28-26)10-9-17-3-2-4-19(11-17)15-34-14-18-5-6-18/h2-4,7-8,11-13,18,30H,5-6,14-16H2,1H3,(H2,27,28,31,32)/t26-/m1/s1. The smallest absolute Gasteiger partial charge is 0.323 e. The van der Waals surface area contributed by atoms with Crippen LogP contribution >= 0.6 is 0 Å². The number of carbonyl (C=O) groups is 2. The number of imide groups is 1. The Morgan fingerprint density at radius 2 is 2.06 bits per heavy atom. The zero-order valence-corrected chi connectivity index (χ0v) is 18.8. The van der Waals surface area contributed by atoms with Crippen molar-refractivity contribution in [1.82, 2.24) is 15.2 Å². The second kappa shape index (κ2) is 8.76. The summed E-state index contributed by atoms with van der Waals surface area (Å²) >= 11 is 0. The molecule has 8 heteroatoms. The first-order valence-corrected chi connectivity index (χ1v) is 11.1. The Hall–Kier alpha value is -3.96. The summed E-state index contributed by atoms with van der Waals surface area (Å²) in [5.74, 6) is 6.66. The largest absolute Gasteiger partial charge is 0.497 e. The van der Waals surface area contributed by atoms with Crippen LogP contribution in [0.2, 0.25) is 0 Å². The molecule has 1 aliphatic heterocycles. The van der Waals surface area contributed by atoms with E-state index >= 15 is 0 Å². The Labute approximate surface area is 196 Å². The number of rotatable bonds is 7. The predicted molar refractivity (Wildman–Crippen MR) is 125 cm³/mol. The molecule has 5 rings (SSSR count). The van der Waals surface area contributed by atoms with Crippen LogP contribution in [0.5, 0.6) is 11.6 Å². The summed E-state index contributed by atoms with van der Waals surface area (Å²) in [6.45, 7) is 1.21. The Morgan fingerprint density at radius 1 is 1.21 bits per heavy atom. The maximum absolute atomic E-state index is 12.8. The number of urea groups is 1. The number of fused-ring (bicyclic) bond motifs is 1. The normalized spacial score (nSPS) is 19.4. The highest BCUT2D eigenvalue weighted by molar-refractivity contribution is 6.09. The molecule has 1 atom stereocenters. The number of methoxy groups -OCH3 is 1. The van der Waals surface area contributed by atoms with E-state index in [9.17, 15) is 14.7 Å². The summed E-state index contributed by atoms with van der Waals surface area (Å²) in [7, 11) is 1.55. The lowest BCUT2D eigenvalue weighted by Crippen LogP contribution is -2.49. The van der Waals surface area contributed by atoms with Crippen molar-refractivity contribution < 1.29 is 24.2 Å². The average Bonchev–Trinajstić information content (AvgIpc) is 3.55. The molecule has 1 aliphatic carbocycles. The van der Waals surface area contributed by atoms with Gasteiger partial charge in [-0.15, -0.1) is 0 Å². The third kappa shape index (κ3) is 4.43. The van der Waals surface area contributed by atoms with Crippen LogP contribution in [0.25, 0.3) is 10.8 Å². The first-order valence-electron chi connectivity index (χ1n) is 11.1. The molecule has 1 saturated carbocycles. The summed E-state index contributed by atoms with van der Waals surface area (Å²) < 4.78 is 12.5. The van der Waals surface area contributed by atoms with E-state index in [-0.39, 0.29) is 12.4 Å². The summed E-state index contributed by atoms with van der Waals surface area (Å²) in [5, 5.41) is 17.0. The van der Waals surface area contributed by atoms with E-state index in [1.807, 2.05) is 30.3 Å². The topological polar surface area (TPSA) is 102 Å². The molecule has 2 fully saturated rings. The maximum atomic E-state index is 12.8. The van der Waals surface area contributed by atoms with E-state index in [2.05, 4.69) is 22.5 Å². The zero-order chi connectivity index (χ0) is 23.7. The molecule has 34 heavy (non-hydrogen) atoms. The first-order chi connectivity index (χ1) is 16.5. The number of aromatic nitrogens is 1. The van der Waals surface area contributed by atoms with E-state index in [0.29, 0.717) is 29.2 Å². The summed E-state index contributed by atoms with van der Waals surface area (Å²) in [6.07, 6.45) is 4.19. The third-order valence-electron chi connectivity index (χ3n) is 6.08. The van der Waals surface area contributed by atoms with Crippen LogP contribution in [0.4, 0.5) is 4.79 Å². The van der Waals surface area contributed by atoms with Crippen molar-refractivity contribution in [3.05, 3.63) is 59.8 Å². The van der Waals surface area contributed by atoms with Gasteiger partial charge in [0.2, 0.25) is 5.54 Å². The molecule has 2 aliphatic rings. The van der Waals surface area contributed by atoms with Crippen LogP contribution in [0.3, 0.4) is 0 Å². The van der Waals surface area contributed by atoms with Crippen molar-refractivity contribution in [3.8, 4) is 23.5 Å². The van der Waals surface area contributed by atoms with E-state index in [1.165, 1.54) is 17.4 Å². The van der Waals surface area contributed by atoms with Gasteiger partial charge < -0.3 is 24.5 Å². The maximum Gasteiger partial charge on any atom is 0.323 e. The lowest BCUT2D eigenvalue weighted by molar-refractivity contribution is -0.122. The Bertz CT molecular complexity index is 1330. The van der Waals surface area contributed by atoms with Gasteiger partial charge in [-0.25, -0.2) is 4.79 Å². The number of nitrogens with one attached hydrogen (secondary N) is 2. The van der Waals surface area contributed by atoms with Gasteiger partial charge in [-0.3, -0.25) is 10.1 Å². The van der Waals surface area contributed by atoms with Crippen molar-refractivity contribution in [3.63, 3.8) is 0 Å². The minimum absolute atomic E-state index is 0.0427. The third-order valence-corrected chi connectivity index (χ3v) is 6.08. The molecule has 2 aromatic carbocycles. The molecule has 3 amide bonds. The number of aromatic hydroxyl groups is 1. The van der Waals surface area contributed by atoms with E-state index < -0.39 is 17.5 Å². The first kappa shape index (κ1) is 21.9. The Kier molecular flexibility index (Phi) is 5.64. The number of carbonyl (C=O) groups excluding carboxylic acids is 2. The molecule has 174 valence electrons. The fraction of sp³-hybridized carbons (Fsp3) is 0.308.